The van der Waals surface area contributed by atoms with Gasteiger partial charge in [0.25, 0.3) is 10.0 Å². The Balaban J connectivity index is 2.68. The maximum Gasteiger partial charge on any atom is 0.257 e. The summed E-state index contributed by atoms with van der Waals surface area (Å²) in [5, 5.41) is 1.18. The molecule has 0 aromatic heterocycles. The quantitative estimate of drug-likeness (QED) is 0.726. The lowest BCUT2D eigenvalue weighted by Crippen LogP contribution is -2.27. The summed E-state index contributed by atoms with van der Waals surface area (Å²) in [6, 6.07) is 5.32. The Labute approximate surface area is 88.8 Å². The second-order valence-electron chi connectivity index (χ2n) is 3.21. The predicted molar refractivity (Wildman–Crippen MR) is 59.4 cm³/mol. The fourth-order valence-corrected chi connectivity index (χ4v) is 2.46. The Morgan fingerprint density at radius 3 is 2.73 bits per heavy atom. The van der Waals surface area contributed by atoms with Crippen molar-refractivity contribution in [1.29, 1.82) is 0 Å². The third-order valence-electron chi connectivity index (χ3n) is 2.39. The maximum absolute atomic E-state index is 11.5. The average molecular weight is 225 g/mol. The lowest BCUT2D eigenvalue weighted by atomic mass is 10.1. The molecule has 80 valence electrons. The van der Waals surface area contributed by atoms with Crippen LogP contribution in [0.4, 0.5) is 5.69 Å². The third kappa shape index (κ3) is 1.48. The monoisotopic (exact) mass is 225 g/mol. The SMILES string of the molecule is COc1cccc2c1C=CS(=O)(=O)N2C. The molecular weight excluding hydrogens is 214 g/mol. The van der Waals surface area contributed by atoms with Gasteiger partial charge in [0.1, 0.15) is 5.75 Å². The largest absolute Gasteiger partial charge is 0.496 e. The number of anilines is 1. The van der Waals surface area contributed by atoms with Crippen LogP contribution in [0.5, 0.6) is 5.75 Å². The van der Waals surface area contributed by atoms with Gasteiger partial charge in [0.2, 0.25) is 0 Å². The number of fused-ring (bicyclic) bond motifs is 1. The van der Waals surface area contributed by atoms with Gasteiger partial charge in [0.15, 0.2) is 0 Å². The van der Waals surface area contributed by atoms with Crippen LogP contribution in [0.15, 0.2) is 23.6 Å². The fourth-order valence-electron chi connectivity index (χ4n) is 1.53. The van der Waals surface area contributed by atoms with Gasteiger partial charge < -0.3 is 4.74 Å². The van der Waals surface area contributed by atoms with E-state index in [2.05, 4.69) is 0 Å². The molecule has 1 aromatic carbocycles. The van der Waals surface area contributed by atoms with Crippen LogP contribution in [0.1, 0.15) is 5.56 Å². The standard InChI is InChI=1S/C10H11NO3S/c1-11-9-4-3-5-10(14-2)8(9)6-7-15(11,12)13/h3-7H,1-2H3. The van der Waals surface area contributed by atoms with E-state index in [1.165, 1.54) is 16.8 Å². The Hall–Kier alpha value is -1.49. The van der Waals surface area contributed by atoms with Crippen molar-refractivity contribution >= 4 is 21.8 Å². The molecule has 0 saturated heterocycles. The summed E-state index contributed by atoms with van der Waals surface area (Å²) >= 11 is 0. The zero-order valence-corrected chi connectivity index (χ0v) is 9.28. The summed E-state index contributed by atoms with van der Waals surface area (Å²) in [6.45, 7) is 0. The smallest absolute Gasteiger partial charge is 0.257 e. The molecule has 1 aliphatic rings. The highest BCUT2D eigenvalue weighted by Crippen LogP contribution is 2.34. The van der Waals surface area contributed by atoms with Crippen molar-refractivity contribution in [3.05, 3.63) is 29.2 Å². The van der Waals surface area contributed by atoms with E-state index in [1.807, 2.05) is 0 Å². The van der Waals surface area contributed by atoms with Crippen LogP contribution in [-0.2, 0) is 10.0 Å². The van der Waals surface area contributed by atoms with Gasteiger partial charge in [-0.3, -0.25) is 4.31 Å². The van der Waals surface area contributed by atoms with Gasteiger partial charge in [-0.15, -0.1) is 0 Å². The normalized spacial score (nSPS) is 17.3. The number of hydrogen-bond acceptors (Lipinski definition) is 3. The van der Waals surface area contributed by atoms with E-state index >= 15 is 0 Å². The molecule has 4 nitrogen and oxygen atoms in total. The van der Waals surface area contributed by atoms with Crippen LogP contribution < -0.4 is 9.04 Å². The zero-order valence-electron chi connectivity index (χ0n) is 8.47. The Morgan fingerprint density at radius 1 is 1.33 bits per heavy atom. The molecule has 1 aliphatic heterocycles. The summed E-state index contributed by atoms with van der Waals surface area (Å²) in [7, 11) is -0.216. The lowest BCUT2D eigenvalue weighted by molar-refractivity contribution is 0.414. The van der Waals surface area contributed by atoms with E-state index in [1.54, 1.807) is 31.4 Å². The molecule has 0 fully saturated rings. The van der Waals surface area contributed by atoms with Crippen LogP contribution in [-0.4, -0.2) is 22.6 Å². The molecule has 0 N–H and O–H groups in total. The van der Waals surface area contributed by atoms with E-state index in [0.717, 1.165) is 5.56 Å². The van der Waals surface area contributed by atoms with Gasteiger partial charge in [-0.25, -0.2) is 8.42 Å². The molecule has 0 unspecified atom stereocenters. The van der Waals surface area contributed by atoms with Gasteiger partial charge in [-0.05, 0) is 18.2 Å². The summed E-state index contributed by atoms with van der Waals surface area (Å²) in [5.41, 5.74) is 1.43. The van der Waals surface area contributed by atoms with Gasteiger partial charge in [-0.2, -0.15) is 0 Å². The highest BCUT2D eigenvalue weighted by atomic mass is 32.2. The molecule has 0 amide bonds. The first-order valence-electron chi connectivity index (χ1n) is 4.40. The van der Waals surface area contributed by atoms with Crippen molar-refractivity contribution in [1.82, 2.24) is 0 Å². The third-order valence-corrected chi connectivity index (χ3v) is 3.83. The summed E-state index contributed by atoms with van der Waals surface area (Å²) < 4.78 is 29.5. The fraction of sp³-hybridized carbons (Fsp3) is 0.200. The van der Waals surface area contributed by atoms with Crippen LogP contribution >= 0.6 is 0 Å². The van der Waals surface area contributed by atoms with Crippen LogP contribution in [0.3, 0.4) is 0 Å². The number of rotatable bonds is 1. The van der Waals surface area contributed by atoms with Crippen molar-refractivity contribution in [3.8, 4) is 5.75 Å². The van der Waals surface area contributed by atoms with Crippen LogP contribution in [0.25, 0.3) is 6.08 Å². The van der Waals surface area contributed by atoms with Gasteiger partial charge in [0, 0.05) is 12.6 Å². The van der Waals surface area contributed by atoms with Crippen molar-refractivity contribution in [2.24, 2.45) is 0 Å². The minimum atomic E-state index is -3.30. The van der Waals surface area contributed by atoms with Crippen LogP contribution in [0, 0.1) is 0 Å². The minimum Gasteiger partial charge on any atom is -0.496 e. The second kappa shape index (κ2) is 3.27. The molecule has 15 heavy (non-hydrogen) atoms. The van der Waals surface area contributed by atoms with Gasteiger partial charge >= 0.3 is 0 Å². The van der Waals surface area contributed by atoms with E-state index in [0.29, 0.717) is 11.4 Å². The highest BCUT2D eigenvalue weighted by Gasteiger charge is 2.23. The number of nitrogens with zero attached hydrogens (tertiary/aromatic N) is 1. The topological polar surface area (TPSA) is 46.6 Å². The van der Waals surface area contributed by atoms with Crippen molar-refractivity contribution < 1.29 is 13.2 Å². The second-order valence-corrected chi connectivity index (χ2v) is 5.06. The Bertz CT molecular complexity index is 519. The number of methoxy groups -OCH3 is 1. The number of sulfonamides is 1. The van der Waals surface area contributed by atoms with Crippen molar-refractivity contribution in [2.45, 2.75) is 0 Å². The number of ether oxygens (including phenoxy) is 1. The first kappa shape index (κ1) is 10.0. The summed E-state index contributed by atoms with van der Waals surface area (Å²) in [5.74, 6) is 0.672. The van der Waals surface area contributed by atoms with Crippen molar-refractivity contribution in [3.63, 3.8) is 0 Å². The first-order chi connectivity index (χ1) is 7.06. The van der Waals surface area contributed by atoms with E-state index in [4.69, 9.17) is 4.74 Å². The minimum absolute atomic E-state index is 0.636. The number of hydrogen-bond donors (Lipinski definition) is 0. The Morgan fingerprint density at radius 2 is 2.07 bits per heavy atom. The molecule has 0 aliphatic carbocycles. The molecule has 0 bridgehead atoms. The first-order valence-corrected chi connectivity index (χ1v) is 5.90. The molecular formula is C10H11NO3S. The molecule has 1 aromatic rings. The van der Waals surface area contributed by atoms with Crippen LogP contribution in [0.2, 0.25) is 0 Å². The van der Waals surface area contributed by atoms with Gasteiger partial charge in [0.05, 0.1) is 18.2 Å². The number of benzene rings is 1. The molecule has 0 spiro atoms. The zero-order chi connectivity index (χ0) is 11.1. The maximum atomic E-state index is 11.5. The van der Waals surface area contributed by atoms with E-state index in [9.17, 15) is 8.42 Å². The molecule has 0 atom stereocenters. The molecule has 1 heterocycles. The van der Waals surface area contributed by atoms with E-state index in [-0.39, 0.29) is 0 Å². The predicted octanol–water partition coefficient (Wildman–Crippen LogP) is 1.45. The Kier molecular flexibility index (Phi) is 2.19. The van der Waals surface area contributed by atoms with E-state index < -0.39 is 10.0 Å². The summed E-state index contributed by atoms with van der Waals surface area (Å²) in [4.78, 5) is 0. The van der Waals surface area contributed by atoms with Crippen molar-refractivity contribution in [2.75, 3.05) is 18.5 Å². The average Bonchev–Trinajstić information content (AvgIpc) is 2.23. The molecule has 0 radical (unpaired) electrons. The lowest BCUT2D eigenvalue weighted by Gasteiger charge is -2.24. The van der Waals surface area contributed by atoms with Gasteiger partial charge in [-0.1, -0.05) is 6.07 Å². The highest BCUT2D eigenvalue weighted by molar-refractivity contribution is 7.95. The molecule has 0 saturated carbocycles. The molecule has 2 rings (SSSR count). The summed E-state index contributed by atoms with van der Waals surface area (Å²) in [6.07, 6.45) is 1.56. The molecule has 5 heteroatoms.